The van der Waals surface area contributed by atoms with E-state index in [4.69, 9.17) is 0 Å². The Morgan fingerprint density at radius 2 is 2.05 bits per heavy atom. The lowest BCUT2D eigenvalue weighted by atomic mass is 10.1. The molecule has 4 heteroatoms. The minimum absolute atomic E-state index is 0.00968. The molecule has 106 valence electrons. The molecule has 1 aromatic rings. The Labute approximate surface area is 115 Å². The number of hydrogen-bond acceptors (Lipinski definition) is 3. The predicted molar refractivity (Wildman–Crippen MR) is 79.6 cm³/mol. The van der Waals surface area contributed by atoms with Gasteiger partial charge < -0.3 is 10.6 Å². The van der Waals surface area contributed by atoms with Crippen molar-refractivity contribution in [2.45, 2.75) is 33.1 Å². The number of Topliss-reactive ketones (excluding diaryl/α,β-unsaturated/α-hetero) is 1. The predicted octanol–water partition coefficient (Wildman–Crippen LogP) is 2.85. The van der Waals surface area contributed by atoms with Gasteiger partial charge in [0.15, 0.2) is 5.78 Å². The van der Waals surface area contributed by atoms with Gasteiger partial charge in [0.25, 0.3) is 0 Å². The van der Waals surface area contributed by atoms with Crippen molar-refractivity contribution >= 4 is 17.9 Å². The average molecular weight is 264 g/mol. The fraction of sp³-hybridized carbons (Fsp3) is 0.467. The van der Waals surface area contributed by atoms with Crippen LogP contribution >= 0.6 is 0 Å². The standard InChI is InChI=1S/C9H9NO2.C6H15N/c1-7(12)8-3-2-4-9(5-8)10-6-11;1-3-4-5-6-7-2/h2-6H,1H3,(H,10,11);7H,3-6H2,1-2H3. The van der Waals surface area contributed by atoms with Gasteiger partial charge >= 0.3 is 0 Å². The highest BCUT2D eigenvalue weighted by atomic mass is 16.1. The molecule has 1 rings (SSSR count). The molecule has 1 aromatic carbocycles. The molecule has 0 bridgehead atoms. The van der Waals surface area contributed by atoms with Crippen LogP contribution in [0.4, 0.5) is 5.69 Å². The van der Waals surface area contributed by atoms with E-state index in [0.717, 1.165) is 0 Å². The highest BCUT2D eigenvalue weighted by Crippen LogP contribution is 2.09. The maximum absolute atomic E-state index is 10.9. The van der Waals surface area contributed by atoms with Gasteiger partial charge in [0.2, 0.25) is 6.41 Å². The summed E-state index contributed by atoms with van der Waals surface area (Å²) in [7, 11) is 2.00. The van der Waals surface area contributed by atoms with Gasteiger partial charge in [0.1, 0.15) is 0 Å². The molecule has 0 saturated carbocycles. The largest absolute Gasteiger partial charge is 0.329 e. The summed E-state index contributed by atoms with van der Waals surface area (Å²) in [5.41, 5.74) is 1.24. The maximum atomic E-state index is 10.9. The van der Waals surface area contributed by atoms with Gasteiger partial charge in [0.05, 0.1) is 0 Å². The summed E-state index contributed by atoms with van der Waals surface area (Å²) in [6, 6.07) is 6.79. The van der Waals surface area contributed by atoms with E-state index < -0.39 is 0 Å². The Hall–Kier alpha value is -1.68. The van der Waals surface area contributed by atoms with Crippen molar-refractivity contribution in [3.63, 3.8) is 0 Å². The van der Waals surface area contributed by atoms with E-state index in [2.05, 4.69) is 17.6 Å². The molecule has 0 aliphatic carbocycles. The Morgan fingerprint density at radius 3 is 2.58 bits per heavy atom. The first-order valence-corrected chi connectivity index (χ1v) is 6.61. The van der Waals surface area contributed by atoms with E-state index in [1.165, 1.54) is 32.7 Å². The number of unbranched alkanes of at least 4 members (excludes halogenated alkanes) is 2. The molecular formula is C15H24N2O2. The Bertz CT molecular complexity index is 374. The summed E-state index contributed by atoms with van der Waals surface area (Å²) in [6.07, 6.45) is 4.59. The van der Waals surface area contributed by atoms with Crippen LogP contribution < -0.4 is 10.6 Å². The molecular weight excluding hydrogens is 240 g/mol. The minimum Gasteiger partial charge on any atom is -0.329 e. The number of nitrogens with one attached hydrogen (secondary N) is 2. The summed E-state index contributed by atoms with van der Waals surface area (Å²) in [4.78, 5) is 20.9. The van der Waals surface area contributed by atoms with E-state index >= 15 is 0 Å². The van der Waals surface area contributed by atoms with E-state index in [9.17, 15) is 9.59 Å². The molecule has 1 amide bonds. The van der Waals surface area contributed by atoms with Gasteiger partial charge in [-0.25, -0.2) is 0 Å². The Kier molecular flexibility index (Phi) is 10.4. The quantitative estimate of drug-likeness (QED) is 0.452. The monoisotopic (exact) mass is 264 g/mol. The van der Waals surface area contributed by atoms with Crippen LogP contribution in [0.3, 0.4) is 0 Å². The molecule has 0 aliphatic rings. The number of benzene rings is 1. The van der Waals surface area contributed by atoms with Crippen LogP contribution in [-0.2, 0) is 4.79 Å². The van der Waals surface area contributed by atoms with Crippen molar-refractivity contribution in [1.29, 1.82) is 0 Å². The zero-order valence-corrected chi connectivity index (χ0v) is 12.0. The van der Waals surface area contributed by atoms with E-state index in [-0.39, 0.29) is 5.78 Å². The zero-order valence-electron chi connectivity index (χ0n) is 12.0. The van der Waals surface area contributed by atoms with Gasteiger partial charge in [-0.15, -0.1) is 0 Å². The summed E-state index contributed by atoms with van der Waals surface area (Å²) >= 11 is 0. The average Bonchev–Trinajstić information content (AvgIpc) is 2.41. The number of anilines is 1. The first-order chi connectivity index (χ1) is 9.15. The third-order valence-electron chi connectivity index (χ3n) is 2.53. The fourth-order valence-corrected chi connectivity index (χ4v) is 1.45. The summed E-state index contributed by atoms with van der Waals surface area (Å²) in [6.45, 7) is 4.88. The molecule has 0 radical (unpaired) electrons. The van der Waals surface area contributed by atoms with Crippen LogP contribution in [-0.4, -0.2) is 25.8 Å². The van der Waals surface area contributed by atoms with E-state index in [1.807, 2.05) is 7.05 Å². The van der Waals surface area contributed by atoms with Gasteiger partial charge in [-0.2, -0.15) is 0 Å². The normalized spacial score (nSPS) is 9.21. The van der Waals surface area contributed by atoms with E-state index in [0.29, 0.717) is 17.7 Å². The van der Waals surface area contributed by atoms with Crippen molar-refractivity contribution < 1.29 is 9.59 Å². The van der Waals surface area contributed by atoms with Crippen LogP contribution in [0.5, 0.6) is 0 Å². The molecule has 0 heterocycles. The molecule has 0 atom stereocenters. The third-order valence-corrected chi connectivity index (χ3v) is 2.53. The second kappa shape index (κ2) is 11.4. The van der Waals surface area contributed by atoms with Crippen molar-refractivity contribution in [3.8, 4) is 0 Å². The molecule has 4 nitrogen and oxygen atoms in total. The number of rotatable bonds is 7. The molecule has 0 spiro atoms. The topological polar surface area (TPSA) is 58.2 Å². The molecule has 0 saturated heterocycles. The number of hydrogen-bond donors (Lipinski definition) is 2. The maximum Gasteiger partial charge on any atom is 0.211 e. The number of carbonyl (C=O) groups is 2. The lowest BCUT2D eigenvalue weighted by Gasteiger charge is -1.99. The van der Waals surface area contributed by atoms with Crippen molar-refractivity contribution in [2.24, 2.45) is 0 Å². The van der Waals surface area contributed by atoms with Crippen molar-refractivity contribution in [1.82, 2.24) is 5.32 Å². The van der Waals surface area contributed by atoms with Gasteiger partial charge in [-0.3, -0.25) is 9.59 Å². The van der Waals surface area contributed by atoms with Crippen LogP contribution in [0.2, 0.25) is 0 Å². The Balaban J connectivity index is 0.000000399. The highest BCUT2D eigenvalue weighted by Gasteiger charge is 1.98. The summed E-state index contributed by atoms with van der Waals surface area (Å²) < 4.78 is 0. The first kappa shape index (κ1) is 17.3. The van der Waals surface area contributed by atoms with Crippen LogP contribution in [0, 0.1) is 0 Å². The molecule has 0 fully saturated rings. The summed E-state index contributed by atoms with van der Waals surface area (Å²) in [5, 5.41) is 5.57. The molecule has 19 heavy (non-hydrogen) atoms. The number of ketones is 1. The zero-order chi connectivity index (χ0) is 14.5. The second-order valence-electron chi connectivity index (χ2n) is 4.21. The lowest BCUT2D eigenvalue weighted by Crippen LogP contribution is -2.06. The van der Waals surface area contributed by atoms with Crippen molar-refractivity contribution in [2.75, 3.05) is 18.9 Å². The Morgan fingerprint density at radius 1 is 1.32 bits per heavy atom. The molecule has 2 N–H and O–H groups in total. The van der Waals surface area contributed by atoms with Crippen LogP contribution in [0.15, 0.2) is 24.3 Å². The summed E-state index contributed by atoms with van der Waals surface area (Å²) in [5.74, 6) is -0.00968. The second-order valence-corrected chi connectivity index (χ2v) is 4.21. The van der Waals surface area contributed by atoms with E-state index in [1.54, 1.807) is 24.3 Å². The molecule has 0 aromatic heterocycles. The smallest absolute Gasteiger partial charge is 0.211 e. The highest BCUT2D eigenvalue weighted by molar-refractivity contribution is 5.95. The number of carbonyl (C=O) groups excluding carboxylic acids is 2. The molecule has 0 unspecified atom stereocenters. The van der Waals surface area contributed by atoms with Gasteiger partial charge in [0, 0.05) is 11.3 Å². The number of amides is 1. The van der Waals surface area contributed by atoms with Gasteiger partial charge in [-0.05, 0) is 39.1 Å². The third kappa shape index (κ3) is 8.97. The minimum atomic E-state index is -0.00968. The van der Waals surface area contributed by atoms with Gasteiger partial charge in [-0.1, -0.05) is 31.9 Å². The SMILES string of the molecule is CC(=O)c1cccc(NC=O)c1.CCCCCNC. The van der Waals surface area contributed by atoms with Crippen LogP contribution in [0.1, 0.15) is 43.5 Å². The molecule has 0 aliphatic heterocycles. The lowest BCUT2D eigenvalue weighted by molar-refractivity contribution is -0.105. The first-order valence-electron chi connectivity index (χ1n) is 6.61. The fourth-order valence-electron chi connectivity index (χ4n) is 1.45. The van der Waals surface area contributed by atoms with Crippen molar-refractivity contribution in [3.05, 3.63) is 29.8 Å². The van der Waals surface area contributed by atoms with Crippen LogP contribution in [0.25, 0.3) is 0 Å².